The number of aromatic nitrogens is 1. The van der Waals surface area contributed by atoms with Gasteiger partial charge in [-0.05, 0) is 15.9 Å². The molecule has 0 aliphatic heterocycles. The van der Waals surface area contributed by atoms with Crippen molar-refractivity contribution in [3.8, 4) is 0 Å². The van der Waals surface area contributed by atoms with Crippen molar-refractivity contribution in [1.29, 1.82) is 0 Å². The number of carbonyl (C=O) groups is 1. The number of thiazole rings is 1. The van der Waals surface area contributed by atoms with E-state index < -0.39 is 0 Å². The summed E-state index contributed by atoms with van der Waals surface area (Å²) in [5.41, 5.74) is 2.05. The van der Waals surface area contributed by atoms with E-state index in [9.17, 15) is 4.79 Å². The zero-order valence-corrected chi connectivity index (χ0v) is 7.91. The van der Waals surface area contributed by atoms with Crippen molar-refractivity contribution in [2.24, 2.45) is 5.84 Å². The van der Waals surface area contributed by atoms with E-state index in [4.69, 9.17) is 5.84 Å². The van der Waals surface area contributed by atoms with Crippen molar-refractivity contribution in [2.75, 3.05) is 0 Å². The van der Waals surface area contributed by atoms with Gasteiger partial charge >= 0.3 is 0 Å². The molecule has 0 aliphatic carbocycles. The number of hydrogen-bond acceptors (Lipinski definition) is 4. The number of nitrogens with one attached hydrogen (secondary N) is 1. The van der Waals surface area contributed by atoms with Gasteiger partial charge < -0.3 is 0 Å². The summed E-state index contributed by atoms with van der Waals surface area (Å²) in [6.07, 6.45) is 1.93. The highest BCUT2D eigenvalue weighted by Crippen LogP contribution is 2.18. The molecule has 0 unspecified atom stereocenters. The van der Waals surface area contributed by atoms with E-state index in [1.54, 1.807) is 6.20 Å². The van der Waals surface area contributed by atoms with Gasteiger partial charge in [0.2, 0.25) is 5.91 Å². The van der Waals surface area contributed by atoms with Crippen molar-refractivity contribution in [3.05, 3.63) is 15.0 Å². The second-order valence-electron chi connectivity index (χ2n) is 1.82. The monoisotopic (exact) mass is 235 g/mol. The number of amides is 1. The Morgan fingerprint density at radius 2 is 2.64 bits per heavy atom. The molecular formula is C5H6BrN3OS. The number of rotatable bonds is 2. The molecule has 0 spiro atoms. The van der Waals surface area contributed by atoms with Gasteiger partial charge in [0.25, 0.3) is 0 Å². The van der Waals surface area contributed by atoms with E-state index in [1.165, 1.54) is 11.3 Å². The standard InChI is InChI=1S/C5H6BrN3OS/c6-5-8-2-3(11-5)1-4(10)9-7/h2H,1,7H2,(H,9,10). The van der Waals surface area contributed by atoms with Crippen LogP contribution in [0.2, 0.25) is 0 Å². The Morgan fingerprint density at radius 3 is 3.09 bits per heavy atom. The molecule has 0 bridgehead atoms. The van der Waals surface area contributed by atoms with Gasteiger partial charge in [0.1, 0.15) is 0 Å². The molecule has 11 heavy (non-hydrogen) atoms. The third-order valence-electron chi connectivity index (χ3n) is 1.02. The average Bonchev–Trinajstić information content (AvgIpc) is 2.35. The second-order valence-corrected chi connectivity index (χ2v) is 4.22. The molecule has 1 amide bonds. The first-order valence-corrected chi connectivity index (χ1v) is 4.43. The molecule has 1 heterocycles. The van der Waals surface area contributed by atoms with Crippen LogP contribution in [0.15, 0.2) is 10.1 Å². The first kappa shape index (κ1) is 8.63. The Morgan fingerprint density at radius 1 is 1.91 bits per heavy atom. The van der Waals surface area contributed by atoms with Gasteiger partial charge in [-0.25, -0.2) is 10.8 Å². The third kappa shape index (κ3) is 2.57. The van der Waals surface area contributed by atoms with Crippen LogP contribution in [0.1, 0.15) is 4.88 Å². The Bertz CT molecular complexity index is 262. The molecule has 0 fully saturated rings. The average molecular weight is 236 g/mol. The van der Waals surface area contributed by atoms with Crippen LogP contribution < -0.4 is 11.3 Å². The molecule has 4 nitrogen and oxygen atoms in total. The highest BCUT2D eigenvalue weighted by molar-refractivity contribution is 9.11. The zero-order chi connectivity index (χ0) is 8.27. The maximum atomic E-state index is 10.7. The van der Waals surface area contributed by atoms with Crippen LogP contribution in [0.4, 0.5) is 0 Å². The van der Waals surface area contributed by atoms with Crippen LogP contribution in [0.25, 0.3) is 0 Å². The third-order valence-corrected chi connectivity index (χ3v) is 2.50. The van der Waals surface area contributed by atoms with Gasteiger partial charge in [-0.1, -0.05) is 0 Å². The van der Waals surface area contributed by atoms with Crippen LogP contribution in [0.3, 0.4) is 0 Å². The van der Waals surface area contributed by atoms with Crippen molar-refractivity contribution < 1.29 is 4.79 Å². The molecule has 6 heteroatoms. The predicted molar refractivity (Wildman–Crippen MR) is 45.8 cm³/mol. The summed E-state index contributed by atoms with van der Waals surface area (Å²) in [5.74, 6) is 4.69. The summed E-state index contributed by atoms with van der Waals surface area (Å²) in [7, 11) is 0. The molecule has 60 valence electrons. The fraction of sp³-hybridized carbons (Fsp3) is 0.200. The fourth-order valence-electron chi connectivity index (χ4n) is 0.575. The van der Waals surface area contributed by atoms with Gasteiger partial charge in [0.15, 0.2) is 3.92 Å². The molecule has 0 radical (unpaired) electrons. The van der Waals surface area contributed by atoms with E-state index in [0.717, 1.165) is 8.79 Å². The minimum Gasteiger partial charge on any atom is -0.294 e. The summed E-state index contributed by atoms with van der Waals surface area (Å²) < 4.78 is 0.775. The van der Waals surface area contributed by atoms with E-state index in [2.05, 4.69) is 20.9 Å². The lowest BCUT2D eigenvalue weighted by molar-refractivity contribution is -0.120. The Hall–Kier alpha value is -0.460. The summed E-state index contributed by atoms with van der Waals surface area (Å²) in [4.78, 5) is 15.5. The summed E-state index contributed by atoms with van der Waals surface area (Å²) in [6, 6.07) is 0. The lowest BCUT2D eigenvalue weighted by Crippen LogP contribution is -2.31. The number of halogens is 1. The zero-order valence-electron chi connectivity index (χ0n) is 5.50. The first-order valence-electron chi connectivity index (χ1n) is 2.82. The second kappa shape index (κ2) is 3.80. The van der Waals surface area contributed by atoms with Gasteiger partial charge in [0.05, 0.1) is 6.42 Å². The molecule has 0 aliphatic rings. The summed E-state index contributed by atoms with van der Waals surface area (Å²) in [5, 5.41) is 0. The molecule has 0 saturated heterocycles. The molecule has 1 aromatic rings. The van der Waals surface area contributed by atoms with E-state index in [1.807, 2.05) is 5.43 Å². The predicted octanol–water partition coefficient (Wildman–Crippen LogP) is 0.438. The van der Waals surface area contributed by atoms with Crippen molar-refractivity contribution in [3.63, 3.8) is 0 Å². The number of hydrogen-bond donors (Lipinski definition) is 2. The minimum atomic E-state index is -0.207. The molecule has 3 N–H and O–H groups in total. The molecular weight excluding hydrogens is 230 g/mol. The Kier molecular flexibility index (Phi) is 2.98. The van der Waals surface area contributed by atoms with Gasteiger partial charge in [-0.3, -0.25) is 10.2 Å². The maximum Gasteiger partial charge on any atom is 0.239 e. The lowest BCUT2D eigenvalue weighted by atomic mass is 10.4. The first-order chi connectivity index (χ1) is 5.22. The Balaban J connectivity index is 2.57. The number of carbonyl (C=O) groups excluding carboxylic acids is 1. The summed E-state index contributed by atoms with van der Waals surface area (Å²) in [6.45, 7) is 0. The van der Waals surface area contributed by atoms with Gasteiger partial charge in [-0.15, -0.1) is 11.3 Å². The number of nitrogens with two attached hydrogens (primary N) is 1. The molecule has 1 rings (SSSR count). The van der Waals surface area contributed by atoms with Crippen LogP contribution in [-0.4, -0.2) is 10.9 Å². The van der Waals surface area contributed by atoms with Crippen LogP contribution in [0, 0.1) is 0 Å². The minimum absolute atomic E-state index is 0.207. The van der Waals surface area contributed by atoms with Crippen molar-refractivity contribution in [2.45, 2.75) is 6.42 Å². The van der Waals surface area contributed by atoms with Crippen molar-refractivity contribution in [1.82, 2.24) is 10.4 Å². The number of hydrazine groups is 1. The van der Waals surface area contributed by atoms with Crippen LogP contribution >= 0.6 is 27.3 Å². The lowest BCUT2D eigenvalue weighted by Gasteiger charge is -1.93. The summed E-state index contributed by atoms with van der Waals surface area (Å²) >= 11 is 4.61. The topological polar surface area (TPSA) is 68.0 Å². The van der Waals surface area contributed by atoms with Gasteiger partial charge in [-0.2, -0.15) is 0 Å². The quantitative estimate of drug-likeness (QED) is 0.444. The van der Waals surface area contributed by atoms with Crippen LogP contribution in [-0.2, 0) is 11.2 Å². The maximum absolute atomic E-state index is 10.7. The molecule has 1 aromatic heterocycles. The van der Waals surface area contributed by atoms with E-state index in [-0.39, 0.29) is 5.91 Å². The highest BCUT2D eigenvalue weighted by Gasteiger charge is 2.03. The van der Waals surface area contributed by atoms with E-state index in [0.29, 0.717) is 6.42 Å². The molecule has 0 aromatic carbocycles. The highest BCUT2D eigenvalue weighted by atomic mass is 79.9. The number of nitrogens with zero attached hydrogens (tertiary/aromatic N) is 1. The Labute approximate surface area is 75.9 Å². The largest absolute Gasteiger partial charge is 0.294 e. The van der Waals surface area contributed by atoms with Crippen LogP contribution in [0.5, 0.6) is 0 Å². The van der Waals surface area contributed by atoms with Gasteiger partial charge in [0, 0.05) is 11.1 Å². The smallest absolute Gasteiger partial charge is 0.239 e. The van der Waals surface area contributed by atoms with E-state index >= 15 is 0 Å². The fourth-order valence-corrected chi connectivity index (χ4v) is 1.93. The SMILES string of the molecule is NNC(=O)Cc1cnc(Br)s1. The molecule has 0 atom stereocenters. The molecule has 0 saturated carbocycles. The van der Waals surface area contributed by atoms with Crippen molar-refractivity contribution >= 4 is 33.2 Å². The normalized spacial score (nSPS) is 9.64.